The van der Waals surface area contributed by atoms with Gasteiger partial charge in [-0.2, -0.15) is 0 Å². The van der Waals surface area contributed by atoms with Crippen molar-refractivity contribution in [1.82, 2.24) is 14.5 Å². The Kier molecular flexibility index (Phi) is 8.00. The first kappa shape index (κ1) is 21.9. The predicted octanol–water partition coefficient (Wildman–Crippen LogP) is 6.01. The van der Waals surface area contributed by atoms with E-state index in [4.69, 9.17) is 9.72 Å². The molecule has 0 bridgehead atoms. The van der Waals surface area contributed by atoms with Gasteiger partial charge in [-0.15, -0.1) is 0 Å². The van der Waals surface area contributed by atoms with E-state index in [-0.39, 0.29) is 0 Å². The van der Waals surface area contributed by atoms with Gasteiger partial charge >= 0.3 is 0 Å². The number of benzene rings is 2. The maximum Gasteiger partial charge on any atom is 0.119 e. The molecule has 1 aliphatic rings. The molecule has 4 rings (SSSR count). The second-order valence-corrected chi connectivity index (χ2v) is 8.90. The van der Waals surface area contributed by atoms with Gasteiger partial charge in [0.2, 0.25) is 0 Å². The highest BCUT2D eigenvalue weighted by molar-refractivity contribution is 5.75. The first-order chi connectivity index (χ1) is 15.3. The number of para-hydroxylation sites is 2. The fourth-order valence-electron chi connectivity index (χ4n) is 4.58. The molecule has 31 heavy (non-hydrogen) atoms. The summed E-state index contributed by atoms with van der Waals surface area (Å²) in [5.41, 5.74) is 3.66. The minimum Gasteiger partial charge on any atom is -0.494 e. The maximum atomic E-state index is 5.91. The van der Waals surface area contributed by atoms with Crippen LogP contribution in [0.3, 0.4) is 0 Å². The Balaban J connectivity index is 1.29. The molecule has 0 amide bonds. The zero-order valence-electron chi connectivity index (χ0n) is 19.1. The Bertz CT molecular complexity index is 923. The number of ether oxygens (including phenoxy) is 1. The molecule has 0 unspecified atom stereocenters. The number of hydrogen-bond donors (Lipinski definition) is 0. The van der Waals surface area contributed by atoms with E-state index < -0.39 is 0 Å². The van der Waals surface area contributed by atoms with Crippen LogP contribution in [0.1, 0.15) is 56.3 Å². The van der Waals surface area contributed by atoms with Gasteiger partial charge < -0.3 is 14.2 Å². The van der Waals surface area contributed by atoms with Crippen LogP contribution in [0.15, 0.2) is 48.5 Å². The van der Waals surface area contributed by atoms with Crippen molar-refractivity contribution in [3.8, 4) is 5.75 Å². The average molecular weight is 420 g/mol. The molecule has 1 saturated heterocycles. The number of imidazole rings is 1. The number of aromatic nitrogens is 2. The van der Waals surface area contributed by atoms with Gasteiger partial charge in [-0.25, -0.2) is 4.98 Å². The quantitative estimate of drug-likeness (QED) is 0.377. The molecule has 0 spiro atoms. The van der Waals surface area contributed by atoms with Crippen LogP contribution >= 0.6 is 0 Å². The van der Waals surface area contributed by atoms with Gasteiger partial charge in [0.15, 0.2) is 0 Å². The van der Waals surface area contributed by atoms with Crippen molar-refractivity contribution >= 4 is 11.0 Å². The summed E-state index contributed by atoms with van der Waals surface area (Å²) in [6, 6.07) is 16.9. The molecule has 2 aromatic carbocycles. The number of unbranched alkanes of at least 4 members (excludes halogenated alkanes) is 1. The molecule has 0 N–H and O–H groups in total. The summed E-state index contributed by atoms with van der Waals surface area (Å²) in [5, 5.41) is 0. The number of aryl methyl sites for hydroxylation is 3. The highest BCUT2D eigenvalue weighted by Gasteiger charge is 2.12. The van der Waals surface area contributed by atoms with Gasteiger partial charge in [-0.05, 0) is 82.9 Å². The van der Waals surface area contributed by atoms with Crippen molar-refractivity contribution in [3.05, 3.63) is 59.9 Å². The van der Waals surface area contributed by atoms with E-state index in [0.29, 0.717) is 0 Å². The van der Waals surface area contributed by atoms with E-state index in [9.17, 15) is 0 Å². The van der Waals surface area contributed by atoms with Crippen molar-refractivity contribution in [2.75, 3.05) is 26.2 Å². The fraction of sp³-hybridized carbons (Fsp3) is 0.519. The Morgan fingerprint density at radius 1 is 0.839 bits per heavy atom. The molecule has 3 aromatic rings. The molecule has 0 aliphatic carbocycles. The molecule has 1 aliphatic heterocycles. The largest absolute Gasteiger partial charge is 0.494 e. The normalized spacial score (nSPS) is 15.3. The van der Waals surface area contributed by atoms with Crippen LogP contribution in [0.2, 0.25) is 0 Å². The van der Waals surface area contributed by atoms with Crippen molar-refractivity contribution in [1.29, 1.82) is 0 Å². The third-order valence-electron chi connectivity index (χ3n) is 6.37. The van der Waals surface area contributed by atoms with Crippen LogP contribution in [0.5, 0.6) is 5.75 Å². The van der Waals surface area contributed by atoms with Gasteiger partial charge in [0, 0.05) is 13.0 Å². The van der Waals surface area contributed by atoms with Gasteiger partial charge in [-0.3, -0.25) is 0 Å². The molecule has 2 heterocycles. The fourth-order valence-corrected chi connectivity index (χ4v) is 4.58. The second kappa shape index (κ2) is 11.3. The van der Waals surface area contributed by atoms with Crippen molar-refractivity contribution in [2.24, 2.45) is 0 Å². The first-order valence-electron chi connectivity index (χ1n) is 12.2. The number of fused-ring (bicyclic) bond motifs is 1. The Labute approximate surface area is 187 Å². The molecule has 166 valence electrons. The Hall–Kier alpha value is -2.33. The van der Waals surface area contributed by atoms with Crippen LogP contribution < -0.4 is 4.74 Å². The van der Waals surface area contributed by atoms with Crippen LogP contribution in [-0.2, 0) is 13.0 Å². The molecule has 1 aromatic heterocycles. The summed E-state index contributed by atoms with van der Waals surface area (Å²) in [4.78, 5) is 7.64. The average Bonchev–Trinajstić information content (AvgIpc) is 2.94. The third kappa shape index (κ3) is 6.33. The minimum absolute atomic E-state index is 0.764. The number of nitrogens with zero attached hydrogens (tertiary/aromatic N) is 3. The SMILES string of the molecule is Cc1ccc(OCCCCn2c(CCCN3CCCCCC3)nc3ccccc32)cc1. The molecule has 1 fully saturated rings. The molecule has 4 nitrogen and oxygen atoms in total. The Morgan fingerprint density at radius 3 is 2.42 bits per heavy atom. The molecular formula is C27H37N3O. The van der Waals surface area contributed by atoms with E-state index in [1.54, 1.807) is 0 Å². The van der Waals surface area contributed by atoms with Gasteiger partial charge in [-0.1, -0.05) is 42.7 Å². The highest BCUT2D eigenvalue weighted by Crippen LogP contribution is 2.19. The van der Waals surface area contributed by atoms with E-state index >= 15 is 0 Å². The number of likely N-dealkylation sites (tertiary alicyclic amines) is 1. The number of hydrogen-bond acceptors (Lipinski definition) is 3. The summed E-state index contributed by atoms with van der Waals surface area (Å²) >= 11 is 0. The molecular weight excluding hydrogens is 382 g/mol. The zero-order valence-corrected chi connectivity index (χ0v) is 19.1. The summed E-state index contributed by atoms with van der Waals surface area (Å²) < 4.78 is 8.36. The standard InChI is InChI=1S/C27H37N3O/c1-23-14-16-24(17-15-23)31-22-9-8-21-30-26-12-5-4-11-25(26)28-27(30)13-10-20-29-18-6-2-3-7-19-29/h4-5,11-12,14-17H,2-3,6-10,13,18-22H2,1H3. The predicted molar refractivity (Wildman–Crippen MR) is 129 cm³/mol. The van der Waals surface area contributed by atoms with Crippen molar-refractivity contribution in [2.45, 2.75) is 64.8 Å². The van der Waals surface area contributed by atoms with E-state index in [0.717, 1.165) is 43.7 Å². The van der Waals surface area contributed by atoms with Crippen LogP contribution in [0.4, 0.5) is 0 Å². The lowest BCUT2D eigenvalue weighted by Gasteiger charge is -2.19. The van der Waals surface area contributed by atoms with Gasteiger partial charge in [0.25, 0.3) is 0 Å². The number of rotatable bonds is 10. The minimum atomic E-state index is 0.764. The summed E-state index contributed by atoms with van der Waals surface area (Å²) in [7, 11) is 0. The molecule has 4 heteroatoms. The van der Waals surface area contributed by atoms with Crippen molar-refractivity contribution < 1.29 is 4.74 Å². The lowest BCUT2D eigenvalue weighted by molar-refractivity contribution is 0.280. The lowest BCUT2D eigenvalue weighted by Crippen LogP contribution is -2.26. The van der Waals surface area contributed by atoms with Gasteiger partial charge in [0.05, 0.1) is 17.6 Å². The molecule has 0 radical (unpaired) electrons. The van der Waals surface area contributed by atoms with Crippen LogP contribution in [-0.4, -0.2) is 40.7 Å². The zero-order chi connectivity index (χ0) is 21.3. The summed E-state index contributed by atoms with van der Waals surface area (Å²) in [6.07, 6.45) is 9.94. The van der Waals surface area contributed by atoms with Crippen molar-refractivity contribution in [3.63, 3.8) is 0 Å². The summed E-state index contributed by atoms with van der Waals surface area (Å²) in [6.45, 7) is 7.63. The molecule has 0 atom stereocenters. The van der Waals surface area contributed by atoms with Crippen LogP contribution in [0.25, 0.3) is 11.0 Å². The maximum absolute atomic E-state index is 5.91. The third-order valence-corrected chi connectivity index (χ3v) is 6.37. The smallest absolute Gasteiger partial charge is 0.119 e. The van der Waals surface area contributed by atoms with Crippen LogP contribution in [0, 0.1) is 6.92 Å². The van der Waals surface area contributed by atoms with E-state index in [2.05, 4.69) is 64.9 Å². The lowest BCUT2D eigenvalue weighted by atomic mass is 10.2. The molecule has 0 saturated carbocycles. The first-order valence-corrected chi connectivity index (χ1v) is 12.2. The van der Waals surface area contributed by atoms with E-state index in [1.165, 1.54) is 68.6 Å². The van der Waals surface area contributed by atoms with Gasteiger partial charge in [0.1, 0.15) is 11.6 Å². The monoisotopic (exact) mass is 419 g/mol. The highest BCUT2D eigenvalue weighted by atomic mass is 16.5. The summed E-state index contributed by atoms with van der Waals surface area (Å²) in [5.74, 6) is 2.21. The topological polar surface area (TPSA) is 30.3 Å². The Morgan fingerprint density at radius 2 is 1.61 bits per heavy atom. The second-order valence-electron chi connectivity index (χ2n) is 8.90. The van der Waals surface area contributed by atoms with E-state index in [1.807, 2.05) is 0 Å².